The smallest absolute Gasteiger partial charge is 0.316 e. The van der Waals surface area contributed by atoms with Crippen LogP contribution in [0.5, 0.6) is 0 Å². The van der Waals surface area contributed by atoms with Crippen molar-refractivity contribution in [2.24, 2.45) is 7.05 Å². The van der Waals surface area contributed by atoms with Crippen molar-refractivity contribution in [1.29, 1.82) is 0 Å². The van der Waals surface area contributed by atoms with Crippen LogP contribution in [-0.4, -0.2) is 26.9 Å². The van der Waals surface area contributed by atoms with E-state index in [9.17, 15) is 4.79 Å². The second-order valence-corrected chi connectivity index (χ2v) is 6.76. The highest BCUT2D eigenvalue weighted by molar-refractivity contribution is 7.99. The molecule has 2 rings (SSSR count). The maximum atomic E-state index is 11.7. The first-order valence-electron chi connectivity index (χ1n) is 6.54. The zero-order valence-corrected chi connectivity index (χ0v) is 13.4. The van der Waals surface area contributed by atoms with Gasteiger partial charge in [0.15, 0.2) is 5.16 Å². The molecule has 0 atom stereocenters. The molecule has 0 bridgehead atoms. The Kier molecular flexibility index (Phi) is 4.09. The number of ether oxygens (including phenoxy) is 1. The summed E-state index contributed by atoms with van der Waals surface area (Å²) in [7, 11) is 1.96. The lowest BCUT2D eigenvalue weighted by Crippen LogP contribution is -2.25. The fourth-order valence-corrected chi connectivity index (χ4v) is 2.66. The van der Waals surface area contributed by atoms with Crippen LogP contribution < -0.4 is 0 Å². The molecule has 0 radical (unpaired) electrons. The molecule has 0 unspecified atom stereocenters. The first-order valence-corrected chi connectivity index (χ1v) is 7.52. The maximum Gasteiger partial charge on any atom is 0.316 e. The highest BCUT2D eigenvalue weighted by atomic mass is 32.2. The van der Waals surface area contributed by atoms with Crippen molar-refractivity contribution in [2.75, 3.05) is 5.75 Å². The van der Waals surface area contributed by atoms with Crippen LogP contribution >= 0.6 is 11.8 Å². The first kappa shape index (κ1) is 14.9. The predicted molar refractivity (Wildman–Crippen MR) is 82.0 cm³/mol. The molecule has 0 aliphatic carbocycles. The molecule has 2 aromatic rings. The topological polar surface area (TPSA) is 44.1 Å². The Morgan fingerprint density at radius 2 is 2.10 bits per heavy atom. The molecule has 0 amide bonds. The Morgan fingerprint density at radius 1 is 1.40 bits per heavy atom. The largest absolute Gasteiger partial charge is 0.459 e. The van der Waals surface area contributed by atoms with Gasteiger partial charge in [-0.15, -0.1) is 0 Å². The van der Waals surface area contributed by atoms with E-state index in [2.05, 4.69) is 18.0 Å². The molecular formula is C15H20N2O2S. The summed E-state index contributed by atoms with van der Waals surface area (Å²) >= 11 is 1.40. The number of hydrogen-bond acceptors (Lipinski definition) is 4. The van der Waals surface area contributed by atoms with Crippen molar-refractivity contribution < 1.29 is 9.53 Å². The monoisotopic (exact) mass is 292 g/mol. The van der Waals surface area contributed by atoms with Gasteiger partial charge in [-0.3, -0.25) is 4.79 Å². The summed E-state index contributed by atoms with van der Waals surface area (Å²) in [5.41, 5.74) is 2.78. The summed E-state index contributed by atoms with van der Waals surface area (Å²) in [6.45, 7) is 7.66. The summed E-state index contributed by atoms with van der Waals surface area (Å²) in [4.78, 5) is 16.3. The molecule has 0 aliphatic heterocycles. The minimum absolute atomic E-state index is 0.217. The third-order valence-corrected chi connectivity index (χ3v) is 3.74. The number of aryl methyl sites for hydroxylation is 2. The zero-order valence-electron chi connectivity index (χ0n) is 12.6. The van der Waals surface area contributed by atoms with Gasteiger partial charge in [-0.05, 0) is 45.4 Å². The molecule has 0 saturated heterocycles. The van der Waals surface area contributed by atoms with Gasteiger partial charge in [0.1, 0.15) is 5.60 Å². The Bertz CT molecular complexity index is 641. The number of benzene rings is 1. The van der Waals surface area contributed by atoms with E-state index in [1.54, 1.807) is 0 Å². The van der Waals surface area contributed by atoms with Crippen LogP contribution in [0.3, 0.4) is 0 Å². The molecule has 4 nitrogen and oxygen atoms in total. The molecule has 0 N–H and O–H groups in total. The molecule has 20 heavy (non-hydrogen) atoms. The lowest BCUT2D eigenvalue weighted by atomic mass is 10.2. The van der Waals surface area contributed by atoms with E-state index >= 15 is 0 Å². The number of thioether (sulfide) groups is 1. The standard InChI is InChI=1S/C15H20N2O2S/c1-10-6-7-11-12(8-10)17(5)14(16-11)20-9-13(18)19-15(2,3)4/h6-8H,9H2,1-5H3. The van der Waals surface area contributed by atoms with Crippen LogP contribution in [0.4, 0.5) is 0 Å². The number of rotatable bonds is 3. The van der Waals surface area contributed by atoms with Gasteiger partial charge in [-0.1, -0.05) is 17.8 Å². The van der Waals surface area contributed by atoms with E-state index in [4.69, 9.17) is 4.74 Å². The van der Waals surface area contributed by atoms with Crippen LogP contribution in [-0.2, 0) is 16.6 Å². The van der Waals surface area contributed by atoms with Crippen LogP contribution in [0.2, 0.25) is 0 Å². The third-order valence-electron chi connectivity index (χ3n) is 2.73. The van der Waals surface area contributed by atoms with Crippen molar-refractivity contribution in [1.82, 2.24) is 9.55 Å². The van der Waals surface area contributed by atoms with Crippen molar-refractivity contribution in [3.8, 4) is 0 Å². The van der Waals surface area contributed by atoms with Crippen molar-refractivity contribution in [2.45, 2.75) is 38.5 Å². The second kappa shape index (κ2) is 5.48. The lowest BCUT2D eigenvalue weighted by Gasteiger charge is -2.19. The maximum absolute atomic E-state index is 11.7. The van der Waals surface area contributed by atoms with Crippen LogP contribution in [0.25, 0.3) is 11.0 Å². The summed E-state index contributed by atoms with van der Waals surface area (Å²) in [5.74, 6) is 0.0543. The number of carbonyl (C=O) groups is 1. The molecule has 1 heterocycles. The molecule has 1 aromatic carbocycles. The Morgan fingerprint density at radius 3 is 2.75 bits per heavy atom. The molecule has 0 saturated carbocycles. The minimum Gasteiger partial charge on any atom is -0.459 e. The van der Waals surface area contributed by atoms with Gasteiger partial charge in [-0.2, -0.15) is 0 Å². The van der Waals surface area contributed by atoms with Gasteiger partial charge in [0.25, 0.3) is 0 Å². The number of nitrogens with zero attached hydrogens (tertiary/aromatic N) is 2. The number of imidazole rings is 1. The SMILES string of the molecule is Cc1ccc2nc(SCC(=O)OC(C)(C)C)n(C)c2c1. The minimum atomic E-state index is -0.443. The van der Waals surface area contributed by atoms with E-state index in [-0.39, 0.29) is 11.7 Å². The summed E-state index contributed by atoms with van der Waals surface area (Å²) in [6, 6.07) is 6.14. The molecule has 0 spiro atoms. The molecule has 0 aliphatic rings. The van der Waals surface area contributed by atoms with Gasteiger partial charge in [0.2, 0.25) is 0 Å². The Hall–Kier alpha value is -1.49. The van der Waals surface area contributed by atoms with Gasteiger partial charge in [0, 0.05) is 7.05 Å². The number of hydrogen-bond donors (Lipinski definition) is 0. The van der Waals surface area contributed by atoms with E-state index in [0.29, 0.717) is 0 Å². The average Bonchev–Trinajstić information content (AvgIpc) is 2.62. The Labute approximate surface area is 123 Å². The van der Waals surface area contributed by atoms with Gasteiger partial charge in [0.05, 0.1) is 16.8 Å². The molecule has 1 aromatic heterocycles. The molecule has 108 valence electrons. The second-order valence-electron chi connectivity index (χ2n) is 5.82. The van der Waals surface area contributed by atoms with E-state index in [1.165, 1.54) is 17.3 Å². The van der Waals surface area contributed by atoms with Crippen molar-refractivity contribution in [3.05, 3.63) is 23.8 Å². The van der Waals surface area contributed by atoms with Crippen LogP contribution in [0.1, 0.15) is 26.3 Å². The number of fused-ring (bicyclic) bond motifs is 1. The van der Waals surface area contributed by atoms with Gasteiger partial charge >= 0.3 is 5.97 Å². The molecule has 0 fully saturated rings. The van der Waals surface area contributed by atoms with Crippen molar-refractivity contribution in [3.63, 3.8) is 0 Å². The third kappa shape index (κ3) is 3.54. The Balaban J connectivity index is 2.11. The highest BCUT2D eigenvalue weighted by Gasteiger charge is 2.17. The number of carbonyl (C=O) groups excluding carboxylic acids is 1. The van der Waals surface area contributed by atoms with Gasteiger partial charge < -0.3 is 9.30 Å². The van der Waals surface area contributed by atoms with E-state index < -0.39 is 5.60 Å². The average molecular weight is 292 g/mol. The number of aromatic nitrogens is 2. The molecule has 5 heteroatoms. The quantitative estimate of drug-likeness (QED) is 0.643. The predicted octanol–water partition coefficient (Wildman–Crippen LogP) is 3.32. The number of esters is 1. The molecular weight excluding hydrogens is 272 g/mol. The fraction of sp³-hybridized carbons (Fsp3) is 0.467. The fourth-order valence-electron chi connectivity index (χ4n) is 1.90. The summed E-state index contributed by atoms with van der Waals surface area (Å²) in [5, 5.41) is 0.830. The summed E-state index contributed by atoms with van der Waals surface area (Å²) < 4.78 is 7.31. The summed E-state index contributed by atoms with van der Waals surface area (Å²) in [6.07, 6.45) is 0. The zero-order chi connectivity index (χ0) is 14.9. The van der Waals surface area contributed by atoms with Crippen LogP contribution in [0.15, 0.2) is 23.4 Å². The van der Waals surface area contributed by atoms with Crippen LogP contribution in [0, 0.1) is 6.92 Å². The van der Waals surface area contributed by atoms with E-state index in [1.807, 2.05) is 44.5 Å². The van der Waals surface area contributed by atoms with Gasteiger partial charge in [-0.25, -0.2) is 4.98 Å². The van der Waals surface area contributed by atoms with Crippen molar-refractivity contribution >= 4 is 28.8 Å². The lowest BCUT2D eigenvalue weighted by molar-refractivity contribution is -0.151. The van der Waals surface area contributed by atoms with E-state index in [0.717, 1.165) is 16.2 Å². The highest BCUT2D eigenvalue weighted by Crippen LogP contribution is 2.24. The first-order chi connectivity index (χ1) is 9.26. The normalized spacial score (nSPS) is 11.8.